The maximum atomic E-state index is 12.5. The third kappa shape index (κ3) is 8.35. The Hall–Kier alpha value is -1.18. The summed E-state index contributed by atoms with van der Waals surface area (Å²) in [5.41, 5.74) is 1.78. The minimum absolute atomic E-state index is 0.412. The van der Waals surface area contributed by atoms with Gasteiger partial charge < -0.3 is 0 Å². The molecule has 0 amide bonds. The maximum Gasteiger partial charge on any atom is 0.193 e. The highest BCUT2D eigenvalue weighted by molar-refractivity contribution is 5.96. The van der Waals surface area contributed by atoms with E-state index in [4.69, 9.17) is 0 Å². The van der Waals surface area contributed by atoms with E-state index >= 15 is 0 Å². The van der Waals surface area contributed by atoms with E-state index in [0.29, 0.717) is 5.56 Å². The van der Waals surface area contributed by atoms with E-state index in [2.05, 4.69) is 6.92 Å². The number of hydrogen-bond donors (Lipinski definition) is 0. The SMILES string of the molecule is CCCCCC1CCC(CCC2CCC(CCc3ccc(C(=O)CF)cc3)CC2)CC1. The summed E-state index contributed by atoms with van der Waals surface area (Å²) in [6.07, 6.45) is 22.7. The van der Waals surface area contributed by atoms with Crippen molar-refractivity contribution in [3.05, 3.63) is 35.4 Å². The van der Waals surface area contributed by atoms with E-state index in [9.17, 15) is 9.18 Å². The number of hydrogen-bond acceptors (Lipinski definition) is 1. The molecule has 3 rings (SSSR count). The van der Waals surface area contributed by atoms with Crippen LogP contribution in [0.4, 0.5) is 4.39 Å². The van der Waals surface area contributed by atoms with Crippen molar-refractivity contribution >= 4 is 5.78 Å². The number of Topliss-reactive ketones (excluding diaryl/α,β-unsaturated/α-hetero) is 1. The Morgan fingerprint density at radius 3 is 1.71 bits per heavy atom. The lowest BCUT2D eigenvalue weighted by atomic mass is 9.74. The summed E-state index contributed by atoms with van der Waals surface area (Å²) >= 11 is 0. The Bertz CT molecular complexity index is 621. The van der Waals surface area contributed by atoms with Gasteiger partial charge in [-0.15, -0.1) is 0 Å². The molecular formula is C29H45FO. The second-order valence-corrected chi connectivity index (χ2v) is 10.6. The Kier molecular flexibility index (Phi) is 10.6. The molecule has 0 unspecified atom stereocenters. The first-order chi connectivity index (χ1) is 15.2. The van der Waals surface area contributed by atoms with Crippen LogP contribution in [0.2, 0.25) is 0 Å². The molecule has 0 atom stereocenters. The molecule has 174 valence electrons. The molecule has 0 bridgehead atoms. The number of carbonyl (C=O) groups excluding carboxylic acids is 1. The van der Waals surface area contributed by atoms with Crippen molar-refractivity contribution in [3.63, 3.8) is 0 Å². The van der Waals surface area contributed by atoms with E-state index in [0.717, 1.165) is 30.1 Å². The molecule has 0 radical (unpaired) electrons. The molecule has 1 aromatic rings. The van der Waals surface area contributed by atoms with Gasteiger partial charge in [0.05, 0.1) is 0 Å². The Labute approximate surface area is 190 Å². The average Bonchev–Trinajstić information content (AvgIpc) is 2.83. The summed E-state index contributed by atoms with van der Waals surface area (Å²) < 4.78 is 12.5. The van der Waals surface area contributed by atoms with Crippen molar-refractivity contribution in [3.8, 4) is 0 Å². The Morgan fingerprint density at radius 1 is 0.742 bits per heavy atom. The average molecular weight is 429 g/mol. The topological polar surface area (TPSA) is 17.1 Å². The largest absolute Gasteiger partial charge is 0.291 e. The summed E-state index contributed by atoms with van der Waals surface area (Å²) in [6, 6.07) is 7.58. The highest BCUT2D eigenvalue weighted by Crippen LogP contribution is 2.38. The third-order valence-electron chi connectivity index (χ3n) is 8.37. The van der Waals surface area contributed by atoms with Crippen molar-refractivity contribution in [1.29, 1.82) is 0 Å². The van der Waals surface area contributed by atoms with Gasteiger partial charge in [-0.25, -0.2) is 4.39 Å². The summed E-state index contributed by atoms with van der Waals surface area (Å²) in [4.78, 5) is 11.4. The van der Waals surface area contributed by atoms with Crippen LogP contribution in [-0.4, -0.2) is 12.5 Å². The molecule has 0 N–H and O–H groups in total. The lowest BCUT2D eigenvalue weighted by Gasteiger charge is -2.32. The number of halogens is 1. The molecule has 1 aromatic carbocycles. The summed E-state index contributed by atoms with van der Waals surface area (Å²) in [7, 11) is 0. The van der Waals surface area contributed by atoms with Gasteiger partial charge in [0.1, 0.15) is 0 Å². The normalized spacial score (nSPS) is 26.6. The van der Waals surface area contributed by atoms with Gasteiger partial charge in [-0.3, -0.25) is 4.79 Å². The molecule has 0 aromatic heterocycles. The van der Waals surface area contributed by atoms with Crippen LogP contribution >= 0.6 is 0 Å². The zero-order valence-corrected chi connectivity index (χ0v) is 19.9. The molecule has 2 heteroatoms. The lowest BCUT2D eigenvalue weighted by Crippen LogP contribution is -2.18. The van der Waals surface area contributed by atoms with Crippen LogP contribution in [0.1, 0.15) is 119 Å². The smallest absolute Gasteiger partial charge is 0.193 e. The van der Waals surface area contributed by atoms with E-state index in [-0.39, 0.29) is 0 Å². The minimum Gasteiger partial charge on any atom is -0.291 e. The Balaban J connectivity index is 1.26. The van der Waals surface area contributed by atoms with Crippen molar-refractivity contribution < 1.29 is 9.18 Å². The van der Waals surface area contributed by atoms with Gasteiger partial charge in [0.15, 0.2) is 12.5 Å². The van der Waals surface area contributed by atoms with E-state index < -0.39 is 12.5 Å². The fourth-order valence-electron chi connectivity index (χ4n) is 6.08. The monoisotopic (exact) mass is 428 g/mol. The molecule has 0 heterocycles. The van der Waals surface area contributed by atoms with Gasteiger partial charge in [-0.1, -0.05) is 121 Å². The number of rotatable bonds is 12. The van der Waals surface area contributed by atoms with Gasteiger partial charge in [0, 0.05) is 5.56 Å². The molecule has 2 aliphatic rings. The first kappa shape index (κ1) is 24.5. The van der Waals surface area contributed by atoms with E-state index in [1.54, 1.807) is 12.1 Å². The maximum absolute atomic E-state index is 12.5. The van der Waals surface area contributed by atoms with Crippen LogP contribution in [0.5, 0.6) is 0 Å². The molecule has 31 heavy (non-hydrogen) atoms. The highest BCUT2D eigenvalue weighted by atomic mass is 19.1. The zero-order chi connectivity index (χ0) is 21.9. The minimum atomic E-state index is -0.900. The van der Waals surface area contributed by atoms with E-state index in [1.165, 1.54) is 102 Å². The number of alkyl halides is 1. The molecule has 2 fully saturated rings. The number of ketones is 1. The number of carbonyl (C=O) groups is 1. The van der Waals surface area contributed by atoms with Gasteiger partial charge in [0.25, 0.3) is 0 Å². The summed E-state index contributed by atoms with van der Waals surface area (Å²) in [6.45, 7) is 1.41. The molecule has 0 saturated heterocycles. The van der Waals surface area contributed by atoms with Crippen molar-refractivity contribution in [2.45, 2.75) is 110 Å². The molecular weight excluding hydrogens is 383 g/mol. The fourth-order valence-corrected chi connectivity index (χ4v) is 6.08. The zero-order valence-electron chi connectivity index (χ0n) is 19.9. The first-order valence-corrected chi connectivity index (χ1v) is 13.4. The predicted octanol–water partition coefficient (Wildman–Crippen LogP) is 8.74. The first-order valence-electron chi connectivity index (χ1n) is 13.4. The summed E-state index contributed by atoms with van der Waals surface area (Å²) in [5, 5.41) is 0. The molecule has 2 saturated carbocycles. The second kappa shape index (κ2) is 13.4. The van der Waals surface area contributed by atoms with Gasteiger partial charge in [-0.05, 0) is 42.1 Å². The van der Waals surface area contributed by atoms with Crippen molar-refractivity contribution in [2.24, 2.45) is 23.7 Å². The number of aryl methyl sites for hydroxylation is 1. The molecule has 0 aliphatic heterocycles. The highest BCUT2D eigenvalue weighted by Gasteiger charge is 2.24. The van der Waals surface area contributed by atoms with Crippen LogP contribution < -0.4 is 0 Å². The summed E-state index contributed by atoms with van der Waals surface area (Å²) in [5.74, 6) is 3.49. The van der Waals surface area contributed by atoms with Gasteiger partial charge in [-0.2, -0.15) is 0 Å². The quantitative estimate of drug-likeness (QED) is 0.240. The van der Waals surface area contributed by atoms with Crippen LogP contribution in [0.15, 0.2) is 24.3 Å². The molecule has 0 spiro atoms. The Morgan fingerprint density at radius 2 is 1.23 bits per heavy atom. The third-order valence-corrected chi connectivity index (χ3v) is 8.37. The van der Waals surface area contributed by atoms with Gasteiger partial charge in [0.2, 0.25) is 0 Å². The lowest BCUT2D eigenvalue weighted by molar-refractivity contribution is 0.0958. The standard InChI is InChI=1S/C29H45FO/c1-2-3-4-5-23-6-8-24(9-7-23)10-11-25-12-14-26(15-13-25)16-17-27-18-20-28(21-19-27)29(31)22-30/h18-21,23-26H,2-17,22H2,1H3. The van der Waals surface area contributed by atoms with Gasteiger partial charge >= 0.3 is 0 Å². The molecule has 1 nitrogen and oxygen atoms in total. The van der Waals surface area contributed by atoms with Crippen molar-refractivity contribution in [2.75, 3.05) is 6.67 Å². The van der Waals surface area contributed by atoms with Crippen LogP contribution in [-0.2, 0) is 6.42 Å². The van der Waals surface area contributed by atoms with Crippen LogP contribution in [0.25, 0.3) is 0 Å². The predicted molar refractivity (Wildman–Crippen MR) is 129 cm³/mol. The van der Waals surface area contributed by atoms with Crippen molar-refractivity contribution in [1.82, 2.24) is 0 Å². The number of unbranched alkanes of at least 4 members (excludes halogenated alkanes) is 2. The molecule has 2 aliphatic carbocycles. The van der Waals surface area contributed by atoms with Crippen LogP contribution in [0, 0.1) is 23.7 Å². The fraction of sp³-hybridized carbons (Fsp3) is 0.759. The second-order valence-electron chi connectivity index (χ2n) is 10.6. The van der Waals surface area contributed by atoms with E-state index in [1.807, 2.05) is 12.1 Å². The van der Waals surface area contributed by atoms with Crippen LogP contribution in [0.3, 0.4) is 0 Å². The number of benzene rings is 1.